The molecule has 1 saturated carbocycles. The zero-order valence-corrected chi connectivity index (χ0v) is 13.6. The molecule has 1 amide bonds. The second-order valence-corrected chi connectivity index (χ2v) is 5.89. The van der Waals surface area contributed by atoms with E-state index in [1.807, 2.05) is 25.1 Å². The van der Waals surface area contributed by atoms with Crippen LogP contribution in [0, 0.1) is 11.3 Å². The molecule has 5 heteroatoms. The highest BCUT2D eigenvalue weighted by Crippen LogP contribution is 2.28. The van der Waals surface area contributed by atoms with Gasteiger partial charge in [0.2, 0.25) is 0 Å². The van der Waals surface area contributed by atoms with Crippen LogP contribution in [0.4, 0.5) is 0 Å². The van der Waals surface area contributed by atoms with Crippen molar-refractivity contribution in [1.29, 1.82) is 5.26 Å². The predicted octanol–water partition coefficient (Wildman–Crippen LogP) is 3.20. The summed E-state index contributed by atoms with van der Waals surface area (Å²) in [7, 11) is 0. The number of carbonyl (C=O) groups excluding carboxylic acids is 1. The molecule has 1 aromatic rings. The van der Waals surface area contributed by atoms with E-state index in [9.17, 15) is 10.1 Å². The van der Waals surface area contributed by atoms with Crippen LogP contribution in [0.25, 0.3) is 0 Å². The van der Waals surface area contributed by atoms with E-state index >= 15 is 0 Å². The van der Waals surface area contributed by atoms with Crippen molar-refractivity contribution in [2.75, 3.05) is 13.2 Å². The summed E-state index contributed by atoms with van der Waals surface area (Å²) in [6.45, 7) is 2.52. The van der Waals surface area contributed by atoms with E-state index in [0.29, 0.717) is 30.9 Å². The highest BCUT2D eigenvalue weighted by Gasteiger charge is 2.33. The summed E-state index contributed by atoms with van der Waals surface area (Å²) in [5.74, 6) is 0.916. The summed E-state index contributed by atoms with van der Waals surface area (Å²) in [5.41, 5.74) is -0.725. The maximum Gasteiger partial charge on any atom is 0.259 e. The minimum absolute atomic E-state index is 0.115. The number of para-hydroxylation sites is 2. The van der Waals surface area contributed by atoms with Gasteiger partial charge >= 0.3 is 0 Å². The van der Waals surface area contributed by atoms with Crippen molar-refractivity contribution >= 4 is 5.91 Å². The maximum absolute atomic E-state index is 12.1. The molecule has 2 rings (SSSR count). The molecule has 1 aliphatic carbocycles. The molecule has 0 spiro atoms. The average molecular weight is 316 g/mol. The Morgan fingerprint density at radius 1 is 1.22 bits per heavy atom. The number of carbonyl (C=O) groups is 1. The van der Waals surface area contributed by atoms with E-state index in [0.717, 1.165) is 25.7 Å². The number of nitrogens with zero attached hydrogens (tertiary/aromatic N) is 1. The number of benzene rings is 1. The first kappa shape index (κ1) is 17.1. The number of ether oxygens (including phenoxy) is 2. The lowest BCUT2D eigenvalue weighted by Crippen LogP contribution is -2.50. The third kappa shape index (κ3) is 4.88. The number of hydrogen-bond acceptors (Lipinski definition) is 4. The van der Waals surface area contributed by atoms with Gasteiger partial charge in [0.05, 0.1) is 12.7 Å². The minimum Gasteiger partial charge on any atom is -0.490 e. The number of amides is 1. The van der Waals surface area contributed by atoms with Gasteiger partial charge in [0.25, 0.3) is 5.91 Å². The molecule has 1 aromatic carbocycles. The van der Waals surface area contributed by atoms with E-state index < -0.39 is 5.54 Å². The first-order chi connectivity index (χ1) is 11.2. The summed E-state index contributed by atoms with van der Waals surface area (Å²) in [5, 5.41) is 12.2. The summed E-state index contributed by atoms with van der Waals surface area (Å²) in [6.07, 6.45) is 5.40. The van der Waals surface area contributed by atoms with Crippen LogP contribution in [-0.4, -0.2) is 24.7 Å². The lowest BCUT2D eigenvalue weighted by Gasteiger charge is -2.31. The zero-order valence-electron chi connectivity index (χ0n) is 13.6. The number of hydrogen-bond donors (Lipinski definition) is 1. The van der Waals surface area contributed by atoms with Gasteiger partial charge in [0, 0.05) is 0 Å². The fourth-order valence-corrected chi connectivity index (χ4v) is 2.77. The molecule has 1 aliphatic rings. The first-order valence-corrected chi connectivity index (χ1v) is 8.26. The highest BCUT2D eigenvalue weighted by atomic mass is 16.5. The largest absolute Gasteiger partial charge is 0.490 e. The van der Waals surface area contributed by atoms with Crippen molar-refractivity contribution in [2.24, 2.45) is 0 Å². The summed E-state index contributed by atoms with van der Waals surface area (Å²) >= 11 is 0. The molecule has 1 N–H and O–H groups in total. The van der Waals surface area contributed by atoms with E-state index in [4.69, 9.17) is 9.47 Å². The van der Waals surface area contributed by atoms with Crippen molar-refractivity contribution in [3.8, 4) is 17.6 Å². The smallest absolute Gasteiger partial charge is 0.259 e. The molecular formula is C18H24N2O3. The van der Waals surface area contributed by atoms with Crippen LogP contribution in [0.15, 0.2) is 24.3 Å². The Morgan fingerprint density at radius 2 is 1.87 bits per heavy atom. The highest BCUT2D eigenvalue weighted by molar-refractivity contribution is 5.79. The molecule has 0 aliphatic heterocycles. The van der Waals surface area contributed by atoms with Gasteiger partial charge in [-0.3, -0.25) is 4.79 Å². The molecule has 0 saturated heterocycles. The van der Waals surface area contributed by atoms with Crippen molar-refractivity contribution in [2.45, 2.75) is 51.0 Å². The fraction of sp³-hybridized carbons (Fsp3) is 0.556. The van der Waals surface area contributed by atoms with Gasteiger partial charge in [-0.15, -0.1) is 0 Å². The molecule has 0 unspecified atom stereocenters. The topological polar surface area (TPSA) is 71.3 Å². The zero-order chi connectivity index (χ0) is 16.5. The van der Waals surface area contributed by atoms with E-state index in [-0.39, 0.29) is 12.5 Å². The van der Waals surface area contributed by atoms with Crippen LogP contribution in [0.3, 0.4) is 0 Å². The van der Waals surface area contributed by atoms with Crippen LogP contribution < -0.4 is 14.8 Å². The Kier molecular flexibility index (Phi) is 6.28. The lowest BCUT2D eigenvalue weighted by atomic mass is 9.83. The Labute approximate surface area is 137 Å². The fourth-order valence-electron chi connectivity index (χ4n) is 2.77. The molecule has 0 bridgehead atoms. The normalized spacial score (nSPS) is 16.2. The Bertz CT molecular complexity index is 560. The third-order valence-electron chi connectivity index (χ3n) is 3.97. The SMILES string of the molecule is CCCOc1ccccc1OCC(=O)NC1(C#N)CCCCC1. The van der Waals surface area contributed by atoms with Gasteiger partial charge in [-0.05, 0) is 31.4 Å². The van der Waals surface area contributed by atoms with Gasteiger partial charge in [0.15, 0.2) is 18.1 Å². The number of rotatable bonds is 7. The molecule has 124 valence electrons. The number of nitriles is 1. The van der Waals surface area contributed by atoms with Gasteiger partial charge < -0.3 is 14.8 Å². The van der Waals surface area contributed by atoms with Crippen molar-refractivity contribution in [3.05, 3.63) is 24.3 Å². The molecule has 1 fully saturated rings. The molecule has 0 aromatic heterocycles. The minimum atomic E-state index is -0.725. The van der Waals surface area contributed by atoms with Gasteiger partial charge in [0.1, 0.15) is 5.54 Å². The van der Waals surface area contributed by atoms with Crippen LogP contribution >= 0.6 is 0 Å². The average Bonchev–Trinajstić information content (AvgIpc) is 2.59. The van der Waals surface area contributed by atoms with Crippen LogP contribution in [-0.2, 0) is 4.79 Å². The van der Waals surface area contributed by atoms with Crippen LogP contribution in [0.5, 0.6) is 11.5 Å². The lowest BCUT2D eigenvalue weighted by molar-refractivity contribution is -0.124. The van der Waals surface area contributed by atoms with E-state index in [1.54, 1.807) is 6.07 Å². The molecule has 0 radical (unpaired) electrons. The molecular weight excluding hydrogens is 292 g/mol. The first-order valence-electron chi connectivity index (χ1n) is 8.26. The van der Waals surface area contributed by atoms with Crippen LogP contribution in [0.1, 0.15) is 45.4 Å². The van der Waals surface area contributed by atoms with Crippen molar-refractivity contribution in [1.82, 2.24) is 5.32 Å². The predicted molar refractivity (Wildman–Crippen MR) is 87.3 cm³/mol. The van der Waals surface area contributed by atoms with Crippen molar-refractivity contribution < 1.29 is 14.3 Å². The van der Waals surface area contributed by atoms with Gasteiger partial charge in [-0.1, -0.05) is 38.3 Å². The van der Waals surface area contributed by atoms with E-state index in [2.05, 4.69) is 11.4 Å². The quantitative estimate of drug-likeness (QED) is 0.838. The van der Waals surface area contributed by atoms with E-state index in [1.165, 1.54) is 0 Å². The monoisotopic (exact) mass is 316 g/mol. The number of nitrogens with one attached hydrogen (secondary N) is 1. The van der Waals surface area contributed by atoms with Crippen LogP contribution in [0.2, 0.25) is 0 Å². The Hall–Kier alpha value is -2.22. The second-order valence-electron chi connectivity index (χ2n) is 5.89. The molecule has 0 atom stereocenters. The molecule has 0 heterocycles. The summed E-state index contributed by atoms with van der Waals surface area (Å²) in [4.78, 5) is 12.1. The third-order valence-corrected chi connectivity index (χ3v) is 3.97. The second kappa shape index (κ2) is 8.42. The Balaban J connectivity index is 1.90. The summed E-state index contributed by atoms with van der Waals surface area (Å²) in [6, 6.07) is 9.57. The van der Waals surface area contributed by atoms with Gasteiger partial charge in [-0.25, -0.2) is 0 Å². The maximum atomic E-state index is 12.1. The summed E-state index contributed by atoms with van der Waals surface area (Å²) < 4.78 is 11.2. The van der Waals surface area contributed by atoms with Gasteiger partial charge in [-0.2, -0.15) is 5.26 Å². The van der Waals surface area contributed by atoms with Crippen molar-refractivity contribution in [3.63, 3.8) is 0 Å². The Morgan fingerprint density at radius 3 is 2.48 bits per heavy atom. The standard InChI is InChI=1S/C18H24N2O3/c1-2-12-22-15-8-4-5-9-16(15)23-13-17(21)20-18(14-19)10-6-3-7-11-18/h4-5,8-9H,2-3,6-7,10-13H2,1H3,(H,20,21). The molecule has 23 heavy (non-hydrogen) atoms. The molecule has 5 nitrogen and oxygen atoms in total.